The maximum Gasteiger partial charge on any atom is 0.231 e. The van der Waals surface area contributed by atoms with Crippen LogP contribution in [-0.4, -0.2) is 11.9 Å². The highest BCUT2D eigenvalue weighted by atomic mass is 16.7. The molecule has 0 aliphatic carbocycles. The Kier molecular flexibility index (Phi) is 3.37. The van der Waals surface area contributed by atoms with Crippen molar-refractivity contribution in [3.05, 3.63) is 47.5 Å². The molecule has 20 heavy (non-hydrogen) atoms. The first-order valence-electron chi connectivity index (χ1n) is 6.71. The van der Waals surface area contributed by atoms with Crippen LogP contribution in [0.15, 0.2) is 36.4 Å². The molecule has 0 aromatic heterocycles. The topological polar surface area (TPSA) is 50.7 Å². The number of benzene rings is 2. The minimum absolute atomic E-state index is 0.213. The zero-order chi connectivity index (χ0) is 13.9. The van der Waals surface area contributed by atoms with Gasteiger partial charge in [0.15, 0.2) is 11.5 Å². The molecule has 104 valence electrons. The zero-order valence-corrected chi connectivity index (χ0v) is 11.3. The quantitative estimate of drug-likeness (QED) is 0.896. The molecule has 4 heteroatoms. The molecule has 0 fully saturated rings. The van der Waals surface area contributed by atoms with Crippen LogP contribution in [0, 0.1) is 0 Å². The third-order valence-electron chi connectivity index (χ3n) is 3.44. The first-order chi connectivity index (χ1) is 9.78. The normalized spacial score (nSPS) is 12.4. The van der Waals surface area contributed by atoms with Crippen LogP contribution in [0.2, 0.25) is 0 Å². The molecule has 4 nitrogen and oxygen atoms in total. The second-order valence-electron chi connectivity index (χ2n) is 4.70. The van der Waals surface area contributed by atoms with E-state index in [-0.39, 0.29) is 12.5 Å². The Balaban J connectivity index is 1.78. The summed E-state index contributed by atoms with van der Waals surface area (Å²) in [5, 5.41) is 13.4. The second-order valence-corrected chi connectivity index (χ2v) is 4.70. The van der Waals surface area contributed by atoms with Gasteiger partial charge < -0.3 is 19.9 Å². The molecule has 2 aromatic carbocycles. The van der Waals surface area contributed by atoms with E-state index in [1.165, 1.54) is 5.56 Å². The standard InChI is InChI=1S/C16H17NO3/c1-2-11-5-3-4-6-13(11)17-9-12-7-15-16(8-14(12)18)20-10-19-15/h3-8,17-18H,2,9-10H2,1H3. The van der Waals surface area contributed by atoms with Gasteiger partial charge in [-0.1, -0.05) is 25.1 Å². The van der Waals surface area contributed by atoms with Crippen molar-refractivity contribution in [3.8, 4) is 17.2 Å². The first kappa shape index (κ1) is 12.7. The highest BCUT2D eigenvalue weighted by molar-refractivity contribution is 5.55. The van der Waals surface area contributed by atoms with Crippen molar-refractivity contribution in [2.75, 3.05) is 12.1 Å². The van der Waals surface area contributed by atoms with Crippen LogP contribution in [0.1, 0.15) is 18.1 Å². The summed E-state index contributed by atoms with van der Waals surface area (Å²) in [6.45, 7) is 2.88. The van der Waals surface area contributed by atoms with Gasteiger partial charge in [0, 0.05) is 23.9 Å². The highest BCUT2D eigenvalue weighted by Gasteiger charge is 2.16. The van der Waals surface area contributed by atoms with Crippen molar-refractivity contribution in [2.24, 2.45) is 0 Å². The molecule has 2 N–H and O–H groups in total. The van der Waals surface area contributed by atoms with Crippen LogP contribution >= 0.6 is 0 Å². The summed E-state index contributed by atoms with van der Waals surface area (Å²) in [5.41, 5.74) is 3.14. The van der Waals surface area contributed by atoms with E-state index in [4.69, 9.17) is 9.47 Å². The van der Waals surface area contributed by atoms with Gasteiger partial charge in [-0.05, 0) is 24.1 Å². The number of aromatic hydroxyl groups is 1. The van der Waals surface area contributed by atoms with Crippen molar-refractivity contribution >= 4 is 5.69 Å². The minimum Gasteiger partial charge on any atom is -0.507 e. The lowest BCUT2D eigenvalue weighted by molar-refractivity contribution is 0.174. The Morgan fingerprint density at radius 3 is 2.65 bits per heavy atom. The number of rotatable bonds is 4. The molecule has 0 radical (unpaired) electrons. The van der Waals surface area contributed by atoms with Gasteiger partial charge in [0.2, 0.25) is 6.79 Å². The van der Waals surface area contributed by atoms with E-state index in [1.54, 1.807) is 6.07 Å². The number of phenols is 1. The van der Waals surface area contributed by atoms with E-state index >= 15 is 0 Å². The van der Waals surface area contributed by atoms with E-state index < -0.39 is 0 Å². The molecule has 1 heterocycles. The Labute approximate surface area is 118 Å². The van der Waals surface area contributed by atoms with Crippen molar-refractivity contribution in [2.45, 2.75) is 19.9 Å². The summed E-state index contributed by atoms with van der Waals surface area (Å²) >= 11 is 0. The lowest BCUT2D eigenvalue weighted by atomic mass is 10.1. The van der Waals surface area contributed by atoms with Crippen molar-refractivity contribution < 1.29 is 14.6 Å². The number of aryl methyl sites for hydroxylation is 1. The first-order valence-corrected chi connectivity index (χ1v) is 6.71. The van der Waals surface area contributed by atoms with Crippen LogP contribution in [0.4, 0.5) is 5.69 Å². The van der Waals surface area contributed by atoms with E-state index in [0.29, 0.717) is 18.0 Å². The monoisotopic (exact) mass is 271 g/mol. The molecule has 0 bridgehead atoms. The average Bonchev–Trinajstić information content (AvgIpc) is 2.92. The largest absolute Gasteiger partial charge is 0.507 e. The molecule has 0 amide bonds. The summed E-state index contributed by atoms with van der Waals surface area (Å²) in [6, 6.07) is 11.6. The average molecular weight is 271 g/mol. The maximum absolute atomic E-state index is 10.0. The van der Waals surface area contributed by atoms with Crippen LogP contribution in [0.5, 0.6) is 17.2 Å². The van der Waals surface area contributed by atoms with Gasteiger partial charge in [-0.2, -0.15) is 0 Å². The molecule has 0 unspecified atom stereocenters. The van der Waals surface area contributed by atoms with Gasteiger partial charge in [0.25, 0.3) is 0 Å². The van der Waals surface area contributed by atoms with Gasteiger partial charge in [-0.3, -0.25) is 0 Å². The van der Waals surface area contributed by atoms with E-state index in [0.717, 1.165) is 17.7 Å². The Morgan fingerprint density at radius 2 is 1.85 bits per heavy atom. The summed E-state index contributed by atoms with van der Waals surface area (Å²) < 4.78 is 10.6. The number of phenolic OH excluding ortho intramolecular Hbond substituents is 1. The number of hydrogen-bond donors (Lipinski definition) is 2. The minimum atomic E-state index is 0.213. The fraction of sp³-hybridized carbons (Fsp3) is 0.250. The number of anilines is 1. The molecular weight excluding hydrogens is 254 g/mol. The SMILES string of the molecule is CCc1ccccc1NCc1cc2c(cc1O)OCO2. The van der Waals surface area contributed by atoms with Crippen molar-refractivity contribution in [3.63, 3.8) is 0 Å². The Morgan fingerprint density at radius 1 is 1.10 bits per heavy atom. The van der Waals surface area contributed by atoms with Gasteiger partial charge in [-0.25, -0.2) is 0 Å². The van der Waals surface area contributed by atoms with Crippen LogP contribution in [-0.2, 0) is 13.0 Å². The Bertz CT molecular complexity index is 625. The summed E-state index contributed by atoms with van der Waals surface area (Å²) in [5.74, 6) is 1.50. The van der Waals surface area contributed by atoms with E-state index in [9.17, 15) is 5.11 Å². The van der Waals surface area contributed by atoms with Gasteiger partial charge in [0.05, 0.1) is 0 Å². The second kappa shape index (κ2) is 5.33. The summed E-state index contributed by atoms with van der Waals surface area (Å²) in [7, 11) is 0. The number of para-hydroxylation sites is 1. The summed E-state index contributed by atoms with van der Waals surface area (Å²) in [4.78, 5) is 0. The molecule has 1 aliphatic heterocycles. The predicted molar refractivity (Wildman–Crippen MR) is 77.4 cm³/mol. The Hall–Kier alpha value is -2.36. The number of fused-ring (bicyclic) bond motifs is 1. The van der Waals surface area contributed by atoms with Gasteiger partial charge >= 0.3 is 0 Å². The number of hydrogen-bond acceptors (Lipinski definition) is 4. The fourth-order valence-electron chi connectivity index (χ4n) is 2.31. The molecule has 2 aromatic rings. The predicted octanol–water partition coefficient (Wildman–Crippen LogP) is 3.30. The molecule has 0 saturated carbocycles. The number of nitrogens with one attached hydrogen (secondary N) is 1. The summed E-state index contributed by atoms with van der Waals surface area (Å²) in [6.07, 6.45) is 0.969. The highest BCUT2D eigenvalue weighted by Crippen LogP contribution is 2.37. The third-order valence-corrected chi connectivity index (χ3v) is 3.44. The number of ether oxygens (including phenoxy) is 2. The van der Waals surface area contributed by atoms with Crippen molar-refractivity contribution in [1.82, 2.24) is 0 Å². The molecule has 0 saturated heterocycles. The molecule has 3 rings (SSSR count). The van der Waals surface area contributed by atoms with E-state index in [2.05, 4.69) is 18.3 Å². The lowest BCUT2D eigenvalue weighted by Crippen LogP contribution is -2.02. The van der Waals surface area contributed by atoms with Crippen LogP contribution in [0.25, 0.3) is 0 Å². The lowest BCUT2D eigenvalue weighted by Gasteiger charge is -2.12. The molecular formula is C16H17NO3. The molecule has 0 spiro atoms. The maximum atomic E-state index is 10.0. The molecule has 1 aliphatic rings. The van der Waals surface area contributed by atoms with Crippen molar-refractivity contribution in [1.29, 1.82) is 0 Å². The van der Waals surface area contributed by atoms with Crippen LogP contribution < -0.4 is 14.8 Å². The zero-order valence-electron chi connectivity index (χ0n) is 11.3. The fourth-order valence-corrected chi connectivity index (χ4v) is 2.31. The van der Waals surface area contributed by atoms with E-state index in [1.807, 2.05) is 24.3 Å². The van der Waals surface area contributed by atoms with Crippen LogP contribution in [0.3, 0.4) is 0 Å². The third kappa shape index (κ3) is 2.37. The van der Waals surface area contributed by atoms with Gasteiger partial charge in [0.1, 0.15) is 5.75 Å². The smallest absolute Gasteiger partial charge is 0.231 e. The van der Waals surface area contributed by atoms with Gasteiger partial charge in [-0.15, -0.1) is 0 Å². The molecule has 0 atom stereocenters.